The third-order valence-electron chi connectivity index (χ3n) is 9.97. The number of ether oxygens (including phenoxy) is 1. The van der Waals surface area contributed by atoms with Crippen molar-refractivity contribution in [1.29, 1.82) is 0 Å². The first-order valence-corrected chi connectivity index (χ1v) is 17.4. The Morgan fingerprint density at radius 2 is 1.70 bits per heavy atom. The van der Waals surface area contributed by atoms with Crippen molar-refractivity contribution in [3.05, 3.63) is 105 Å². The van der Waals surface area contributed by atoms with E-state index in [-0.39, 0.29) is 29.8 Å². The molecule has 3 heterocycles. The lowest BCUT2D eigenvalue weighted by Crippen LogP contribution is -2.48. The summed E-state index contributed by atoms with van der Waals surface area (Å²) in [5, 5.41) is 3.14. The second-order valence-electron chi connectivity index (χ2n) is 13.3. The summed E-state index contributed by atoms with van der Waals surface area (Å²) in [6, 6.07) is 18.8. The van der Waals surface area contributed by atoms with Gasteiger partial charge in [0, 0.05) is 80.8 Å². The molecule has 1 saturated heterocycles. The van der Waals surface area contributed by atoms with Crippen molar-refractivity contribution < 1.29 is 19.1 Å². The lowest BCUT2D eigenvalue weighted by Gasteiger charge is -2.34. The molecule has 1 N–H and O–H groups in total. The Kier molecular flexibility index (Phi) is 9.24. The van der Waals surface area contributed by atoms with Crippen LogP contribution < -0.4 is 15.8 Å². The molecule has 0 radical (unpaired) electrons. The summed E-state index contributed by atoms with van der Waals surface area (Å²) in [6.45, 7) is 7.97. The molecule has 0 spiro atoms. The second-order valence-corrected chi connectivity index (χ2v) is 13.3. The highest BCUT2D eigenvalue weighted by Crippen LogP contribution is 2.41. The Balaban J connectivity index is 1.17. The Hall–Kier alpha value is -5.29. The van der Waals surface area contributed by atoms with Crippen molar-refractivity contribution in [3.8, 4) is 11.3 Å². The zero-order chi connectivity index (χ0) is 34.9. The van der Waals surface area contributed by atoms with E-state index in [4.69, 9.17) is 9.72 Å². The highest BCUT2D eigenvalue weighted by atomic mass is 16.5. The van der Waals surface area contributed by atoms with Gasteiger partial charge in [0.1, 0.15) is 6.61 Å². The quantitative estimate of drug-likeness (QED) is 0.244. The van der Waals surface area contributed by atoms with Gasteiger partial charge in [-0.25, -0.2) is 4.98 Å². The summed E-state index contributed by atoms with van der Waals surface area (Å²) in [5.41, 5.74) is 6.26. The van der Waals surface area contributed by atoms with Crippen molar-refractivity contribution in [1.82, 2.24) is 19.4 Å². The fourth-order valence-corrected chi connectivity index (χ4v) is 6.90. The zero-order valence-electron chi connectivity index (χ0n) is 28.8. The predicted molar refractivity (Wildman–Crippen MR) is 192 cm³/mol. The monoisotopic (exact) mass is 674 g/mol. The number of fused-ring (bicyclic) bond motifs is 1. The molecule has 4 aromatic rings. The molecule has 3 aliphatic rings. The minimum Gasteiger partial charge on any atom is -0.461 e. The molecule has 7 rings (SSSR count). The average Bonchev–Trinajstić information content (AvgIpc) is 3.99. The first kappa shape index (κ1) is 33.2. The molecule has 0 bridgehead atoms. The summed E-state index contributed by atoms with van der Waals surface area (Å²) in [6.07, 6.45) is 4.75. The molecule has 50 heavy (non-hydrogen) atoms. The van der Waals surface area contributed by atoms with E-state index in [1.54, 1.807) is 42.4 Å². The SMILES string of the molecule is CCN1CCN(C(=O)c2ccc(Nc3nc(-c4cccc(N5CCc6cc(C7CC7)ccc6C5=O)c4COC(C)=O)cn(C)c3=O)cc2)CC1. The van der Waals surface area contributed by atoms with E-state index in [1.807, 2.05) is 29.2 Å². The van der Waals surface area contributed by atoms with Gasteiger partial charge in [0.25, 0.3) is 17.4 Å². The third-order valence-corrected chi connectivity index (χ3v) is 9.97. The van der Waals surface area contributed by atoms with Gasteiger partial charge in [0.15, 0.2) is 5.82 Å². The topological polar surface area (TPSA) is 117 Å². The number of piperazine rings is 1. The molecular formula is C39H42N6O5. The fraction of sp³-hybridized carbons (Fsp3) is 0.359. The van der Waals surface area contributed by atoms with Crippen LogP contribution in [0.2, 0.25) is 0 Å². The maximum Gasteiger partial charge on any atom is 0.302 e. The van der Waals surface area contributed by atoms with Gasteiger partial charge in [-0.05, 0) is 79.3 Å². The molecule has 1 saturated carbocycles. The first-order valence-electron chi connectivity index (χ1n) is 17.4. The molecule has 11 nitrogen and oxygen atoms in total. The van der Waals surface area contributed by atoms with Gasteiger partial charge in [0.2, 0.25) is 0 Å². The van der Waals surface area contributed by atoms with E-state index in [2.05, 4.69) is 29.3 Å². The Morgan fingerprint density at radius 1 is 0.940 bits per heavy atom. The van der Waals surface area contributed by atoms with Gasteiger partial charge >= 0.3 is 5.97 Å². The lowest BCUT2D eigenvalue weighted by molar-refractivity contribution is -0.142. The zero-order valence-corrected chi connectivity index (χ0v) is 28.8. The number of anilines is 3. The number of hydrogen-bond acceptors (Lipinski definition) is 8. The summed E-state index contributed by atoms with van der Waals surface area (Å²) >= 11 is 0. The number of likely N-dealkylation sites (N-methyl/N-ethyl adjacent to an activating group) is 1. The Labute approximate surface area is 291 Å². The van der Waals surface area contributed by atoms with E-state index < -0.39 is 5.97 Å². The molecular weight excluding hydrogens is 632 g/mol. The molecule has 0 unspecified atom stereocenters. The highest BCUT2D eigenvalue weighted by molar-refractivity contribution is 6.09. The van der Waals surface area contributed by atoms with E-state index in [9.17, 15) is 19.2 Å². The van der Waals surface area contributed by atoms with Gasteiger partial charge in [0.05, 0.1) is 11.4 Å². The van der Waals surface area contributed by atoms with E-state index in [1.165, 1.54) is 29.9 Å². The van der Waals surface area contributed by atoms with Crippen molar-refractivity contribution in [2.75, 3.05) is 49.5 Å². The summed E-state index contributed by atoms with van der Waals surface area (Å²) < 4.78 is 6.96. The Bertz CT molecular complexity index is 2010. The van der Waals surface area contributed by atoms with Crippen molar-refractivity contribution in [2.24, 2.45) is 7.05 Å². The van der Waals surface area contributed by atoms with Crippen LogP contribution in [0.1, 0.15) is 70.0 Å². The molecule has 0 atom stereocenters. The number of carbonyl (C=O) groups excluding carboxylic acids is 3. The molecule has 11 heteroatoms. The van der Waals surface area contributed by atoms with Crippen molar-refractivity contribution in [3.63, 3.8) is 0 Å². The second kappa shape index (κ2) is 13.9. The number of rotatable bonds is 9. The van der Waals surface area contributed by atoms with Crippen LogP contribution in [0.5, 0.6) is 0 Å². The van der Waals surface area contributed by atoms with E-state index in [0.29, 0.717) is 71.3 Å². The molecule has 1 aromatic heterocycles. The first-order chi connectivity index (χ1) is 24.2. The number of aromatic nitrogens is 2. The average molecular weight is 675 g/mol. The molecule has 2 amide bonds. The van der Waals surface area contributed by atoms with Crippen LogP contribution in [-0.4, -0.2) is 76.4 Å². The van der Waals surface area contributed by atoms with Crippen LogP contribution in [0.3, 0.4) is 0 Å². The van der Waals surface area contributed by atoms with Crippen molar-refractivity contribution in [2.45, 2.75) is 45.6 Å². The van der Waals surface area contributed by atoms with Crippen LogP contribution >= 0.6 is 0 Å². The van der Waals surface area contributed by atoms with Crippen molar-refractivity contribution >= 4 is 35.0 Å². The molecule has 2 fully saturated rings. The van der Waals surface area contributed by atoms with Crippen LogP contribution in [0.4, 0.5) is 17.2 Å². The smallest absolute Gasteiger partial charge is 0.302 e. The summed E-state index contributed by atoms with van der Waals surface area (Å²) in [4.78, 5) is 63.0. The molecule has 2 aliphatic heterocycles. The molecule has 258 valence electrons. The number of nitrogens with zero attached hydrogens (tertiary/aromatic N) is 5. The van der Waals surface area contributed by atoms with Crippen LogP contribution in [-0.2, 0) is 29.6 Å². The van der Waals surface area contributed by atoms with Gasteiger partial charge in [-0.1, -0.05) is 31.2 Å². The third kappa shape index (κ3) is 6.78. The van der Waals surface area contributed by atoms with Crippen LogP contribution in [0.25, 0.3) is 11.3 Å². The van der Waals surface area contributed by atoms with Gasteiger partial charge in [-0.3, -0.25) is 19.2 Å². The fourth-order valence-electron chi connectivity index (χ4n) is 6.90. The minimum atomic E-state index is -0.449. The number of carbonyl (C=O) groups is 3. The minimum absolute atomic E-state index is 0.0118. The van der Waals surface area contributed by atoms with Gasteiger partial charge in [-0.2, -0.15) is 0 Å². The van der Waals surface area contributed by atoms with Gasteiger partial charge in [-0.15, -0.1) is 0 Å². The van der Waals surface area contributed by atoms with Crippen LogP contribution in [0, 0.1) is 0 Å². The van der Waals surface area contributed by atoms with Gasteiger partial charge < -0.3 is 29.3 Å². The summed E-state index contributed by atoms with van der Waals surface area (Å²) in [7, 11) is 1.65. The standard InChI is InChI=1S/C39H42N6O5/c1-4-43-18-20-44(21-19-43)37(47)27-10-13-30(14-11-27)40-36-39(49)42(3)23-34(41-36)32-6-5-7-35(33(32)24-50-25(2)46)45-17-16-29-22-28(26-8-9-26)12-15-31(29)38(45)48/h5-7,10-15,22-23,26H,4,8-9,16-21,24H2,1-3H3,(H,40,41). The largest absolute Gasteiger partial charge is 0.461 e. The number of hydrogen-bond donors (Lipinski definition) is 1. The molecule has 3 aromatic carbocycles. The number of esters is 1. The lowest BCUT2D eigenvalue weighted by atomic mass is 9.93. The number of nitrogens with one attached hydrogen (secondary N) is 1. The maximum absolute atomic E-state index is 13.9. The normalized spacial score (nSPS) is 16.3. The van der Waals surface area contributed by atoms with Crippen LogP contribution in [0.15, 0.2) is 71.7 Å². The Morgan fingerprint density at radius 3 is 2.40 bits per heavy atom. The number of amides is 2. The van der Waals surface area contributed by atoms with E-state index >= 15 is 0 Å². The number of benzene rings is 3. The van der Waals surface area contributed by atoms with E-state index in [0.717, 1.165) is 25.2 Å². The summed E-state index contributed by atoms with van der Waals surface area (Å²) in [5.74, 6) is 0.139. The number of aryl methyl sites for hydroxylation is 1. The molecule has 1 aliphatic carbocycles. The predicted octanol–water partition coefficient (Wildman–Crippen LogP) is 5.11. The maximum atomic E-state index is 13.9. The highest BCUT2D eigenvalue weighted by Gasteiger charge is 2.31.